The van der Waals surface area contributed by atoms with Gasteiger partial charge in [-0.2, -0.15) is 5.10 Å². The maximum atomic E-state index is 13.5. The Morgan fingerprint density at radius 2 is 1.69 bits per heavy atom. The van der Waals surface area contributed by atoms with Gasteiger partial charge in [-0.15, -0.1) is 0 Å². The minimum Gasteiger partial charge on any atom is -0.490 e. The molecule has 4 heterocycles. The quantitative estimate of drug-likeness (QED) is 0.265. The Morgan fingerprint density at radius 1 is 0.929 bits per heavy atom. The zero-order valence-electron chi connectivity index (χ0n) is 23.9. The predicted molar refractivity (Wildman–Crippen MR) is 162 cm³/mol. The third-order valence-electron chi connectivity index (χ3n) is 10.1. The molecular formula is C35H38N4O3. The van der Waals surface area contributed by atoms with Crippen LogP contribution in [0, 0.1) is 5.92 Å². The Hall–Kier alpha value is -3.68. The predicted octanol–water partition coefficient (Wildman–Crippen LogP) is 6.27. The molecule has 42 heavy (non-hydrogen) atoms. The fourth-order valence-corrected chi connectivity index (χ4v) is 7.64. The summed E-state index contributed by atoms with van der Waals surface area (Å²) in [5, 5.41) is 12.1. The molecule has 7 nitrogen and oxygen atoms in total. The zero-order valence-corrected chi connectivity index (χ0v) is 23.9. The van der Waals surface area contributed by atoms with E-state index in [0.29, 0.717) is 29.6 Å². The molecule has 1 aliphatic carbocycles. The van der Waals surface area contributed by atoms with E-state index in [-0.39, 0.29) is 18.1 Å². The number of hydrogen-bond acceptors (Lipinski definition) is 5. The van der Waals surface area contributed by atoms with Crippen LogP contribution in [0.1, 0.15) is 66.9 Å². The first-order valence-corrected chi connectivity index (χ1v) is 15.7. The van der Waals surface area contributed by atoms with Crippen LogP contribution in [0.25, 0.3) is 22.2 Å². The first-order chi connectivity index (χ1) is 20.7. The monoisotopic (exact) mass is 562 g/mol. The number of ether oxygens (including phenoxy) is 2. The van der Waals surface area contributed by atoms with Gasteiger partial charge >= 0.3 is 0 Å². The SMILES string of the molecule is O=C(NC(c1ccccc1)C1CCC1)c1ccc2[nH]nc(-c3ccc(OC4C[C@H]5CC[C@@H](C4)N5C4COC4)cc3)c2c1. The minimum atomic E-state index is -0.0431. The van der Waals surface area contributed by atoms with Crippen molar-refractivity contribution < 1.29 is 14.3 Å². The molecule has 1 amide bonds. The summed E-state index contributed by atoms with van der Waals surface area (Å²) in [7, 11) is 0. The average Bonchev–Trinajstić information content (AvgIpc) is 3.49. The molecule has 1 saturated carbocycles. The van der Waals surface area contributed by atoms with Crippen LogP contribution in [-0.4, -0.2) is 58.4 Å². The molecule has 3 saturated heterocycles. The van der Waals surface area contributed by atoms with Crippen molar-refractivity contribution in [1.29, 1.82) is 0 Å². The van der Waals surface area contributed by atoms with Crippen molar-refractivity contribution in [3.63, 3.8) is 0 Å². The normalized spacial score (nSPS) is 25.1. The summed E-state index contributed by atoms with van der Waals surface area (Å²) in [5.74, 6) is 1.36. The zero-order chi connectivity index (χ0) is 28.0. The van der Waals surface area contributed by atoms with Crippen LogP contribution >= 0.6 is 0 Å². The molecule has 8 rings (SSSR count). The van der Waals surface area contributed by atoms with Gasteiger partial charge in [0.15, 0.2) is 0 Å². The molecule has 2 unspecified atom stereocenters. The topological polar surface area (TPSA) is 79.5 Å². The number of aromatic amines is 1. The Balaban J connectivity index is 0.971. The Labute approximate surface area is 246 Å². The molecule has 4 aromatic rings. The number of hydrogen-bond donors (Lipinski definition) is 2. The van der Waals surface area contributed by atoms with E-state index < -0.39 is 0 Å². The molecule has 2 N–H and O–H groups in total. The highest BCUT2D eigenvalue weighted by Crippen LogP contribution is 2.41. The van der Waals surface area contributed by atoms with Crippen molar-refractivity contribution in [2.75, 3.05) is 13.2 Å². The maximum absolute atomic E-state index is 13.5. The summed E-state index contributed by atoms with van der Waals surface area (Å²) < 4.78 is 12.0. The van der Waals surface area contributed by atoms with E-state index in [2.05, 4.69) is 56.8 Å². The van der Waals surface area contributed by atoms with E-state index in [9.17, 15) is 4.79 Å². The molecule has 7 heteroatoms. The summed E-state index contributed by atoms with van der Waals surface area (Å²) in [5.41, 5.74) is 4.59. The van der Waals surface area contributed by atoms with E-state index in [1.54, 1.807) is 0 Å². The molecule has 3 aromatic carbocycles. The van der Waals surface area contributed by atoms with Crippen LogP contribution in [0.3, 0.4) is 0 Å². The number of fused-ring (bicyclic) bond motifs is 3. The lowest BCUT2D eigenvalue weighted by atomic mass is 9.77. The van der Waals surface area contributed by atoms with Crippen molar-refractivity contribution in [2.45, 2.75) is 75.2 Å². The summed E-state index contributed by atoms with van der Waals surface area (Å²) in [4.78, 5) is 16.2. The molecule has 4 fully saturated rings. The number of H-pyrrole nitrogens is 1. The summed E-state index contributed by atoms with van der Waals surface area (Å²) in [6.45, 7) is 1.78. The van der Waals surface area contributed by atoms with Gasteiger partial charge in [-0.05, 0) is 92.5 Å². The summed E-state index contributed by atoms with van der Waals surface area (Å²) in [6.07, 6.45) is 8.54. The van der Waals surface area contributed by atoms with Crippen LogP contribution in [0.15, 0.2) is 72.8 Å². The number of rotatable bonds is 8. The van der Waals surface area contributed by atoms with Gasteiger partial charge in [0.2, 0.25) is 0 Å². The first kappa shape index (κ1) is 26.0. The number of carbonyl (C=O) groups is 1. The van der Waals surface area contributed by atoms with E-state index in [1.807, 2.05) is 36.4 Å². The van der Waals surface area contributed by atoms with Crippen LogP contribution < -0.4 is 10.1 Å². The second-order valence-corrected chi connectivity index (χ2v) is 12.6. The number of nitrogens with one attached hydrogen (secondary N) is 2. The molecule has 3 aliphatic heterocycles. The fourth-order valence-electron chi connectivity index (χ4n) is 7.64. The minimum absolute atomic E-state index is 0.0363. The second-order valence-electron chi connectivity index (χ2n) is 12.6. The van der Waals surface area contributed by atoms with Crippen molar-refractivity contribution >= 4 is 16.8 Å². The van der Waals surface area contributed by atoms with Crippen LogP contribution in [0.4, 0.5) is 0 Å². The lowest BCUT2D eigenvalue weighted by molar-refractivity contribution is -0.102. The number of carbonyl (C=O) groups excluding carboxylic acids is 1. The van der Waals surface area contributed by atoms with E-state index in [1.165, 1.54) is 24.8 Å². The molecule has 2 bridgehead atoms. The molecule has 0 spiro atoms. The lowest BCUT2D eigenvalue weighted by Crippen LogP contribution is -2.57. The van der Waals surface area contributed by atoms with Gasteiger partial charge in [0, 0.05) is 28.6 Å². The second kappa shape index (κ2) is 10.9. The molecule has 0 radical (unpaired) electrons. The average molecular weight is 563 g/mol. The highest BCUT2D eigenvalue weighted by Gasteiger charge is 2.46. The summed E-state index contributed by atoms with van der Waals surface area (Å²) in [6, 6.07) is 26.3. The Morgan fingerprint density at radius 3 is 2.36 bits per heavy atom. The van der Waals surface area contributed by atoms with Crippen LogP contribution in [0.5, 0.6) is 5.75 Å². The van der Waals surface area contributed by atoms with Crippen LogP contribution in [0.2, 0.25) is 0 Å². The molecule has 4 aliphatic rings. The number of aromatic nitrogens is 2. The van der Waals surface area contributed by atoms with Gasteiger partial charge in [0.05, 0.1) is 36.5 Å². The third-order valence-corrected chi connectivity index (χ3v) is 10.1. The Kier molecular flexibility index (Phi) is 6.72. The van der Waals surface area contributed by atoms with Gasteiger partial charge in [-0.3, -0.25) is 14.8 Å². The molecular weight excluding hydrogens is 524 g/mol. The standard InChI is InChI=1S/C35H38N4O3/c40-35(36-33(23-7-4-8-23)22-5-2-1-3-6-22)25-11-16-32-31(17-25)34(38-37-32)24-9-14-29(15-10-24)42-30-18-26-12-13-27(19-30)39(26)28-20-41-21-28/h1-3,5-6,9-11,14-17,23,26-28,30,33H,4,7-8,12-13,18-21H2,(H,36,40)(H,37,38)/t26-,27+,30?,33?. The molecule has 4 atom stereocenters. The lowest BCUT2D eigenvalue weighted by Gasteiger charge is -2.46. The van der Waals surface area contributed by atoms with E-state index in [0.717, 1.165) is 66.8 Å². The van der Waals surface area contributed by atoms with Gasteiger partial charge < -0.3 is 14.8 Å². The summed E-state index contributed by atoms with van der Waals surface area (Å²) >= 11 is 0. The van der Waals surface area contributed by atoms with Gasteiger partial charge in [-0.25, -0.2) is 0 Å². The number of benzene rings is 3. The highest BCUT2D eigenvalue weighted by molar-refractivity contribution is 6.01. The van der Waals surface area contributed by atoms with Crippen molar-refractivity contribution in [3.05, 3.63) is 83.9 Å². The molecule has 1 aromatic heterocycles. The van der Waals surface area contributed by atoms with Gasteiger partial charge in [0.25, 0.3) is 5.91 Å². The highest BCUT2D eigenvalue weighted by atomic mass is 16.5. The maximum Gasteiger partial charge on any atom is 0.251 e. The fraction of sp³-hybridized carbons (Fsp3) is 0.429. The number of nitrogens with zero attached hydrogens (tertiary/aromatic N) is 2. The van der Waals surface area contributed by atoms with Gasteiger partial charge in [-0.1, -0.05) is 36.8 Å². The smallest absolute Gasteiger partial charge is 0.251 e. The van der Waals surface area contributed by atoms with Gasteiger partial charge in [0.1, 0.15) is 11.9 Å². The first-order valence-electron chi connectivity index (χ1n) is 15.7. The number of piperidine rings is 1. The van der Waals surface area contributed by atoms with Crippen LogP contribution in [-0.2, 0) is 4.74 Å². The Bertz CT molecular complexity index is 1550. The third kappa shape index (κ3) is 4.78. The molecule has 216 valence electrons. The van der Waals surface area contributed by atoms with Crippen molar-refractivity contribution in [1.82, 2.24) is 20.4 Å². The number of amides is 1. The van der Waals surface area contributed by atoms with E-state index in [4.69, 9.17) is 9.47 Å². The van der Waals surface area contributed by atoms with E-state index >= 15 is 0 Å². The van der Waals surface area contributed by atoms with Crippen molar-refractivity contribution in [3.8, 4) is 17.0 Å². The largest absolute Gasteiger partial charge is 0.490 e. The van der Waals surface area contributed by atoms with Crippen molar-refractivity contribution in [2.24, 2.45) is 5.92 Å².